The molecule has 1 aliphatic rings. The Balaban J connectivity index is 0.00000176. The maximum Gasteiger partial charge on any atom is 0.337 e. The predicted molar refractivity (Wildman–Crippen MR) is 83.2 cm³/mol. The van der Waals surface area contributed by atoms with Crippen molar-refractivity contribution in [3.05, 3.63) is 64.2 Å². The minimum absolute atomic E-state index is 0. The van der Waals surface area contributed by atoms with Crippen molar-refractivity contribution in [2.24, 2.45) is 0 Å². The molecule has 1 heterocycles. The van der Waals surface area contributed by atoms with E-state index in [1.165, 1.54) is 30.3 Å². The van der Waals surface area contributed by atoms with Crippen LogP contribution in [0.4, 0.5) is 5.69 Å². The predicted octanol–water partition coefficient (Wildman–Crippen LogP) is 3.26. The molecule has 5 nitrogen and oxygen atoms in total. The van der Waals surface area contributed by atoms with Crippen LogP contribution in [-0.2, 0) is 0 Å². The fourth-order valence-electron chi connectivity index (χ4n) is 2.28. The van der Waals surface area contributed by atoms with Crippen LogP contribution in [0.3, 0.4) is 0 Å². The normalized spacial score (nSPS) is 12.9. The van der Waals surface area contributed by atoms with E-state index in [1.54, 1.807) is 12.1 Å². The van der Waals surface area contributed by atoms with E-state index in [4.69, 9.17) is 11.6 Å². The Kier molecular flexibility index (Phi) is 4.21. The highest BCUT2D eigenvalue weighted by Gasteiger charge is 2.38. The molecule has 1 N–H and O–H groups in total. The molecule has 1 aliphatic heterocycles. The third-order valence-electron chi connectivity index (χ3n) is 3.23. The zero-order valence-corrected chi connectivity index (χ0v) is 12.5. The van der Waals surface area contributed by atoms with Gasteiger partial charge in [-0.25, -0.2) is 9.69 Å². The van der Waals surface area contributed by atoms with Gasteiger partial charge in [0.2, 0.25) is 0 Å². The van der Waals surface area contributed by atoms with Gasteiger partial charge in [0.25, 0.3) is 11.8 Å². The molecule has 22 heavy (non-hydrogen) atoms. The number of nitrogens with zero attached hydrogens (tertiary/aromatic N) is 1. The maximum absolute atomic E-state index is 12.4. The number of carbonyl (C=O) groups is 3. The summed E-state index contributed by atoms with van der Waals surface area (Å²) in [5.74, 6) is -2.35. The van der Waals surface area contributed by atoms with Gasteiger partial charge < -0.3 is 5.11 Å². The summed E-state index contributed by atoms with van der Waals surface area (Å²) in [5, 5.41) is 9.46. The Labute approximate surface area is 136 Å². The zero-order valence-electron chi connectivity index (χ0n) is 10.9. The summed E-state index contributed by atoms with van der Waals surface area (Å²) in [7, 11) is 0. The minimum atomic E-state index is -1.24. The monoisotopic (exact) mass is 337 g/mol. The molecule has 0 aliphatic carbocycles. The van der Waals surface area contributed by atoms with E-state index in [1.807, 2.05) is 0 Å². The van der Waals surface area contributed by atoms with Gasteiger partial charge in [-0.2, -0.15) is 0 Å². The van der Waals surface area contributed by atoms with Crippen LogP contribution in [0.5, 0.6) is 0 Å². The first-order chi connectivity index (χ1) is 10.0. The number of carboxylic acid groups (broad SMARTS) is 1. The number of hydrogen-bond acceptors (Lipinski definition) is 3. The summed E-state index contributed by atoms with van der Waals surface area (Å²) < 4.78 is 0. The smallest absolute Gasteiger partial charge is 0.337 e. The van der Waals surface area contributed by atoms with Crippen LogP contribution in [-0.4, -0.2) is 22.9 Å². The Morgan fingerprint density at radius 2 is 1.55 bits per heavy atom. The average molecular weight is 338 g/mol. The fraction of sp³-hybridized carbons (Fsp3) is 0. The van der Waals surface area contributed by atoms with Crippen LogP contribution < -0.4 is 4.90 Å². The molecule has 2 amide bonds. The Bertz CT molecular complexity index is 769. The second kappa shape index (κ2) is 5.79. The van der Waals surface area contributed by atoms with Gasteiger partial charge >= 0.3 is 5.97 Å². The zero-order chi connectivity index (χ0) is 15.1. The number of fused-ring (bicyclic) bond motifs is 1. The van der Waals surface area contributed by atoms with Gasteiger partial charge in [-0.3, -0.25) is 9.59 Å². The first-order valence-corrected chi connectivity index (χ1v) is 6.39. The van der Waals surface area contributed by atoms with Crippen LogP contribution in [0.15, 0.2) is 42.5 Å². The van der Waals surface area contributed by atoms with Crippen LogP contribution in [0.2, 0.25) is 5.02 Å². The van der Waals surface area contributed by atoms with Crippen LogP contribution in [0.25, 0.3) is 0 Å². The third-order valence-corrected chi connectivity index (χ3v) is 3.46. The van der Waals surface area contributed by atoms with Gasteiger partial charge in [-0.15, -0.1) is 12.4 Å². The van der Waals surface area contributed by atoms with Gasteiger partial charge in [-0.1, -0.05) is 23.7 Å². The van der Waals surface area contributed by atoms with E-state index in [9.17, 15) is 19.5 Å². The first kappa shape index (κ1) is 16.0. The van der Waals surface area contributed by atoms with Crippen molar-refractivity contribution in [2.75, 3.05) is 4.90 Å². The number of anilines is 1. The largest absolute Gasteiger partial charge is 0.478 e. The SMILES string of the molecule is Cl.O=C(O)c1ccc(Cl)cc1N1C(=O)c2ccccc2C1=O. The van der Waals surface area contributed by atoms with E-state index >= 15 is 0 Å². The lowest BCUT2D eigenvalue weighted by molar-refractivity contribution is 0.0698. The van der Waals surface area contributed by atoms with Crippen molar-refractivity contribution in [3.63, 3.8) is 0 Å². The molecule has 0 saturated carbocycles. The second-order valence-corrected chi connectivity index (χ2v) is 4.89. The molecular formula is C15H9Cl2NO4. The van der Waals surface area contributed by atoms with Crippen molar-refractivity contribution in [2.45, 2.75) is 0 Å². The molecule has 0 bridgehead atoms. The number of carbonyl (C=O) groups excluding carboxylic acids is 2. The van der Waals surface area contributed by atoms with Crippen LogP contribution in [0, 0.1) is 0 Å². The quantitative estimate of drug-likeness (QED) is 0.853. The molecule has 0 radical (unpaired) electrons. The lowest BCUT2D eigenvalue weighted by Gasteiger charge is -2.16. The van der Waals surface area contributed by atoms with E-state index in [0.29, 0.717) is 0 Å². The van der Waals surface area contributed by atoms with E-state index in [0.717, 1.165) is 4.90 Å². The average Bonchev–Trinajstić information content (AvgIpc) is 2.71. The standard InChI is InChI=1S/C15H8ClNO4.ClH/c16-8-5-6-11(15(20)21)12(7-8)17-13(18)9-3-1-2-4-10(9)14(17)19;/h1-7H,(H,20,21);1H. The number of amides is 2. The summed E-state index contributed by atoms with van der Waals surface area (Å²) in [4.78, 5) is 36.9. The molecule has 0 spiro atoms. The highest BCUT2D eigenvalue weighted by molar-refractivity contribution is 6.36. The lowest BCUT2D eigenvalue weighted by Crippen LogP contribution is -2.31. The summed E-state index contributed by atoms with van der Waals surface area (Å²) >= 11 is 5.86. The number of imide groups is 1. The molecule has 0 aromatic heterocycles. The molecule has 3 rings (SSSR count). The van der Waals surface area contributed by atoms with Crippen molar-refractivity contribution >= 4 is 47.5 Å². The highest BCUT2D eigenvalue weighted by atomic mass is 35.5. The molecule has 112 valence electrons. The topological polar surface area (TPSA) is 74.7 Å². The van der Waals surface area contributed by atoms with E-state index < -0.39 is 17.8 Å². The number of carboxylic acids is 1. The van der Waals surface area contributed by atoms with E-state index in [-0.39, 0.29) is 39.8 Å². The molecule has 0 saturated heterocycles. The third kappa shape index (κ3) is 2.34. The maximum atomic E-state index is 12.4. The number of aromatic carboxylic acids is 1. The molecular weight excluding hydrogens is 329 g/mol. The highest BCUT2D eigenvalue weighted by Crippen LogP contribution is 2.32. The Hall–Kier alpha value is -2.37. The Morgan fingerprint density at radius 1 is 1.00 bits per heavy atom. The fourth-order valence-corrected chi connectivity index (χ4v) is 2.45. The molecule has 0 fully saturated rings. The second-order valence-electron chi connectivity index (χ2n) is 4.46. The lowest BCUT2D eigenvalue weighted by atomic mass is 10.1. The number of benzene rings is 2. The Morgan fingerprint density at radius 3 is 2.05 bits per heavy atom. The molecule has 0 atom stereocenters. The van der Waals surface area contributed by atoms with Crippen molar-refractivity contribution in [1.29, 1.82) is 0 Å². The molecule has 2 aromatic rings. The van der Waals surface area contributed by atoms with Crippen LogP contribution in [0.1, 0.15) is 31.1 Å². The number of halogens is 2. The van der Waals surface area contributed by atoms with Crippen LogP contribution >= 0.6 is 24.0 Å². The summed E-state index contributed by atoms with van der Waals surface area (Å²) in [5.41, 5.74) is 0.313. The van der Waals surface area contributed by atoms with Gasteiger partial charge in [0, 0.05) is 5.02 Å². The minimum Gasteiger partial charge on any atom is -0.478 e. The van der Waals surface area contributed by atoms with Crippen molar-refractivity contribution in [3.8, 4) is 0 Å². The first-order valence-electron chi connectivity index (χ1n) is 6.01. The van der Waals surface area contributed by atoms with Gasteiger partial charge in [-0.05, 0) is 30.3 Å². The molecule has 0 unspecified atom stereocenters. The number of rotatable bonds is 2. The summed E-state index contributed by atoms with van der Waals surface area (Å²) in [6, 6.07) is 10.3. The number of hydrogen-bond donors (Lipinski definition) is 1. The van der Waals surface area contributed by atoms with Crippen molar-refractivity contribution in [1.82, 2.24) is 0 Å². The van der Waals surface area contributed by atoms with Gasteiger partial charge in [0.15, 0.2) is 0 Å². The van der Waals surface area contributed by atoms with E-state index in [2.05, 4.69) is 0 Å². The summed E-state index contributed by atoms with van der Waals surface area (Å²) in [6.45, 7) is 0. The van der Waals surface area contributed by atoms with Gasteiger partial charge in [0.05, 0.1) is 22.4 Å². The molecule has 2 aromatic carbocycles. The summed E-state index contributed by atoms with van der Waals surface area (Å²) in [6.07, 6.45) is 0. The van der Waals surface area contributed by atoms with Crippen molar-refractivity contribution < 1.29 is 19.5 Å². The molecule has 7 heteroatoms. The van der Waals surface area contributed by atoms with Gasteiger partial charge in [0.1, 0.15) is 0 Å².